The molecule has 2 N–H and O–H groups in total. The van der Waals surface area contributed by atoms with E-state index in [1.807, 2.05) is 6.92 Å². The van der Waals surface area contributed by atoms with E-state index in [-0.39, 0.29) is 6.04 Å². The molecular weight excluding hydrogens is 210 g/mol. The molecule has 0 spiro atoms. The van der Waals surface area contributed by atoms with Crippen LogP contribution in [0.3, 0.4) is 0 Å². The monoisotopic (exact) mass is 223 g/mol. The summed E-state index contributed by atoms with van der Waals surface area (Å²) in [5.74, 6) is 1.04. The highest BCUT2D eigenvalue weighted by Gasteiger charge is 2.13. The molecule has 0 fully saturated rings. The second kappa shape index (κ2) is 3.75. The summed E-state index contributed by atoms with van der Waals surface area (Å²) in [5.41, 5.74) is 6.89. The van der Waals surface area contributed by atoms with Gasteiger partial charge in [0.2, 0.25) is 5.89 Å². The molecule has 0 aliphatic heterocycles. The van der Waals surface area contributed by atoms with Crippen LogP contribution in [0.2, 0.25) is 0 Å². The molecule has 15 heavy (non-hydrogen) atoms. The number of aryl methyl sites for hydroxylation is 2. The molecule has 2 heterocycles. The van der Waals surface area contributed by atoms with Crippen LogP contribution in [0.4, 0.5) is 0 Å². The predicted molar refractivity (Wildman–Crippen MR) is 59.7 cm³/mol. The highest BCUT2D eigenvalue weighted by atomic mass is 32.1. The molecule has 0 amide bonds. The lowest BCUT2D eigenvalue weighted by Crippen LogP contribution is -2.04. The molecule has 0 bridgehead atoms. The average Bonchev–Trinajstić information content (AvgIpc) is 2.74. The third-order valence-corrected chi connectivity index (χ3v) is 3.35. The van der Waals surface area contributed by atoms with Crippen LogP contribution in [-0.4, -0.2) is 10.2 Å². The van der Waals surface area contributed by atoms with Crippen molar-refractivity contribution in [3.05, 3.63) is 22.4 Å². The first-order valence-electron chi connectivity index (χ1n) is 4.74. The van der Waals surface area contributed by atoms with Gasteiger partial charge in [-0.1, -0.05) is 0 Å². The van der Waals surface area contributed by atoms with Gasteiger partial charge in [0.25, 0.3) is 5.89 Å². The number of nitrogens with two attached hydrogens (primary N) is 1. The first kappa shape index (κ1) is 10.3. The lowest BCUT2D eigenvalue weighted by Gasteiger charge is -1.94. The zero-order chi connectivity index (χ0) is 11.0. The lowest BCUT2D eigenvalue weighted by atomic mass is 10.3. The third kappa shape index (κ3) is 1.93. The van der Waals surface area contributed by atoms with E-state index in [9.17, 15) is 0 Å². The molecule has 2 rings (SSSR count). The van der Waals surface area contributed by atoms with Crippen molar-refractivity contribution in [3.8, 4) is 10.8 Å². The molecule has 5 heteroatoms. The van der Waals surface area contributed by atoms with Crippen molar-refractivity contribution in [2.45, 2.75) is 26.8 Å². The Morgan fingerprint density at radius 3 is 2.60 bits per heavy atom. The summed E-state index contributed by atoms with van der Waals surface area (Å²) in [5, 5.41) is 7.87. The standard InChI is InChI=1S/C10H13N3OS/c1-5-4-8(15-7(5)3)10-13-12-9(14-10)6(2)11/h4,6H,11H2,1-3H3. The SMILES string of the molecule is Cc1cc(-c2nnc(C(C)N)o2)sc1C. The molecule has 0 saturated heterocycles. The normalized spacial score (nSPS) is 13.1. The smallest absolute Gasteiger partial charge is 0.257 e. The molecule has 0 aliphatic rings. The summed E-state index contributed by atoms with van der Waals surface area (Å²) >= 11 is 1.66. The van der Waals surface area contributed by atoms with Crippen molar-refractivity contribution in [2.75, 3.05) is 0 Å². The first-order valence-corrected chi connectivity index (χ1v) is 5.56. The van der Waals surface area contributed by atoms with Crippen LogP contribution in [0.15, 0.2) is 10.5 Å². The Morgan fingerprint density at radius 1 is 1.40 bits per heavy atom. The van der Waals surface area contributed by atoms with Crippen molar-refractivity contribution in [3.63, 3.8) is 0 Å². The molecule has 2 aromatic heterocycles. The molecule has 0 aromatic carbocycles. The average molecular weight is 223 g/mol. The van der Waals surface area contributed by atoms with Crippen molar-refractivity contribution >= 4 is 11.3 Å². The fourth-order valence-electron chi connectivity index (χ4n) is 1.20. The number of nitrogens with zero attached hydrogens (tertiary/aromatic N) is 2. The maximum atomic E-state index is 5.65. The Bertz CT molecular complexity index is 453. The molecule has 0 radical (unpaired) electrons. The zero-order valence-corrected chi connectivity index (χ0v) is 9.76. The van der Waals surface area contributed by atoms with Gasteiger partial charge in [0.15, 0.2) is 0 Å². The highest BCUT2D eigenvalue weighted by Crippen LogP contribution is 2.30. The van der Waals surface area contributed by atoms with Crippen molar-refractivity contribution in [1.82, 2.24) is 10.2 Å². The summed E-state index contributed by atoms with van der Waals surface area (Å²) in [7, 11) is 0. The maximum Gasteiger partial charge on any atom is 0.257 e. The largest absolute Gasteiger partial charge is 0.418 e. The van der Waals surface area contributed by atoms with Crippen molar-refractivity contribution in [1.29, 1.82) is 0 Å². The van der Waals surface area contributed by atoms with Crippen LogP contribution >= 0.6 is 11.3 Å². The highest BCUT2D eigenvalue weighted by molar-refractivity contribution is 7.15. The quantitative estimate of drug-likeness (QED) is 0.849. The van der Waals surface area contributed by atoms with Crippen molar-refractivity contribution < 1.29 is 4.42 Å². The van der Waals surface area contributed by atoms with Crippen molar-refractivity contribution in [2.24, 2.45) is 5.73 Å². The van der Waals surface area contributed by atoms with Gasteiger partial charge >= 0.3 is 0 Å². The number of rotatable bonds is 2. The van der Waals surface area contributed by atoms with Gasteiger partial charge in [-0.2, -0.15) is 0 Å². The predicted octanol–water partition coefficient (Wildman–Crippen LogP) is 2.43. The summed E-state index contributed by atoms with van der Waals surface area (Å²) < 4.78 is 5.46. The van der Waals surface area contributed by atoms with Gasteiger partial charge in [0.1, 0.15) is 0 Å². The summed E-state index contributed by atoms with van der Waals surface area (Å²) in [4.78, 5) is 2.27. The first-order chi connectivity index (χ1) is 7.08. The topological polar surface area (TPSA) is 64.9 Å². The minimum Gasteiger partial charge on any atom is -0.418 e. The Morgan fingerprint density at radius 2 is 2.13 bits per heavy atom. The van der Waals surface area contributed by atoms with E-state index in [1.165, 1.54) is 10.4 Å². The molecule has 4 nitrogen and oxygen atoms in total. The fourth-order valence-corrected chi connectivity index (χ4v) is 2.15. The number of hydrogen-bond donors (Lipinski definition) is 1. The van der Waals surface area contributed by atoms with E-state index in [2.05, 4.69) is 30.1 Å². The Hall–Kier alpha value is -1.20. The van der Waals surface area contributed by atoms with E-state index < -0.39 is 0 Å². The van der Waals surface area contributed by atoms with Crippen LogP contribution in [-0.2, 0) is 0 Å². The second-order valence-electron chi connectivity index (χ2n) is 3.58. The van der Waals surface area contributed by atoms with Gasteiger partial charge in [0, 0.05) is 4.88 Å². The fraction of sp³-hybridized carbons (Fsp3) is 0.400. The molecular formula is C10H13N3OS. The lowest BCUT2D eigenvalue weighted by molar-refractivity contribution is 0.474. The van der Waals surface area contributed by atoms with E-state index in [0.29, 0.717) is 11.8 Å². The summed E-state index contributed by atoms with van der Waals surface area (Å²) in [6.07, 6.45) is 0. The van der Waals surface area contributed by atoms with E-state index in [0.717, 1.165) is 4.88 Å². The number of thiophene rings is 1. The number of hydrogen-bond acceptors (Lipinski definition) is 5. The Kier molecular flexibility index (Phi) is 2.58. The Labute approximate surface area is 92.1 Å². The summed E-state index contributed by atoms with van der Waals surface area (Å²) in [6, 6.07) is 1.84. The zero-order valence-electron chi connectivity index (χ0n) is 8.94. The Balaban J connectivity index is 2.37. The number of aromatic nitrogens is 2. The molecule has 80 valence electrons. The molecule has 0 saturated carbocycles. The van der Waals surface area contributed by atoms with Gasteiger partial charge in [0.05, 0.1) is 10.9 Å². The molecule has 1 atom stereocenters. The molecule has 0 aliphatic carbocycles. The van der Waals surface area contributed by atoms with Gasteiger partial charge in [-0.25, -0.2) is 0 Å². The van der Waals surface area contributed by atoms with E-state index in [1.54, 1.807) is 11.3 Å². The molecule has 2 aromatic rings. The van der Waals surface area contributed by atoms with Crippen LogP contribution < -0.4 is 5.73 Å². The van der Waals surface area contributed by atoms with Gasteiger partial charge in [-0.15, -0.1) is 21.5 Å². The van der Waals surface area contributed by atoms with Crippen LogP contribution in [0, 0.1) is 13.8 Å². The van der Waals surface area contributed by atoms with E-state index in [4.69, 9.17) is 10.2 Å². The maximum absolute atomic E-state index is 5.65. The third-order valence-electron chi connectivity index (χ3n) is 2.21. The van der Waals surface area contributed by atoms with Gasteiger partial charge in [-0.05, 0) is 32.4 Å². The van der Waals surface area contributed by atoms with Crippen LogP contribution in [0.5, 0.6) is 0 Å². The van der Waals surface area contributed by atoms with Crippen LogP contribution in [0.25, 0.3) is 10.8 Å². The molecule has 1 unspecified atom stereocenters. The minimum atomic E-state index is -0.214. The van der Waals surface area contributed by atoms with Gasteiger partial charge in [-0.3, -0.25) is 0 Å². The van der Waals surface area contributed by atoms with E-state index >= 15 is 0 Å². The summed E-state index contributed by atoms with van der Waals surface area (Å²) in [6.45, 7) is 5.97. The minimum absolute atomic E-state index is 0.214. The van der Waals surface area contributed by atoms with Gasteiger partial charge < -0.3 is 10.2 Å². The van der Waals surface area contributed by atoms with Crippen LogP contribution in [0.1, 0.15) is 29.3 Å². The second-order valence-corrected chi connectivity index (χ2v) is 4.84.